The number of ether oxygens (including phenoxy) is 1. The van der Waals surface area contributed by atoms with E-state index in [9.17, 15) is 22.8 Å². The highest BCUT2D eigenvalue weighted by Crippen LogP contribution is 2.43. The molecule has 1 aliphatic rings. The zero-order chi connectivity index (χ0) is 25.8. The Morgan fingerprint density at radius 2 is 1.69 bits per heavy atom. The highest BCUT2D eigenvalue weighted by molar-refractivity contribution is 6.10. The van der Waals surface area contributed by atoms with Crippen molar-refractivity contribution in [1.29, 1.82) is 0 Å². The molecular formula is C28H22F3NO4. The van der Waals surface area contributed by atoms with Crippen molar-refractivity contribution >= 4 is 22.6 Å². The van der Waals surface area contributed by atoms with Crippen molar-refractivity contribution in [2.24, 2.45) is 0 Å². The molecule has 0 aliphatic carbocycles. The molecule has 0 radical (unpaired) electrons. The van der Waals surface area contributed by atoms with E-state index in [4.69, 9.17) is 9.15 Å². The number of aryl methyl sites for hydroxylation is 2. The van der Waals surface area contributed by atoms with Crippen molar-refractivity contribution in [1.82, 2.24) is 0 Å². The van der Waals surface area contributed by atoms with Gasteiger partial charge in [0.15, 0.2) is 5.43 Å². The third-order valence-corrected chi connectivity index (χ3v) is 6.42. The van der Waals surface area contributed by atoms with Crippen LogP contribution in [0, 0.1) is 13.8 Å². The number of carbonyl (C=O) groups is 1. The molecule has 0 bridgehead atoms. The second kappa shape index (κ2) is 8.55. The number of amides is 1. The van der Waals surface area contributed by atoms with Crippen LogP contribution in [0.25, 0.3) is 11.0 Å². The molecule has 0 saturated heterocycles. The number of anilines is 1. The van der Waals surface area contributed by atoms with Gasteiger partial charge in [-0.1, -0.05) is 18.2 Å². The number of rotatable bonds is 4. The van der Waals surface area contributed by atoms with E-state index in [2.05, 4.69) is 0 Å². The monoisotopic (exact) mass is 493 g/mol. The molecule has 5 rings (SSSR count). The molecule has 0 spiro atoms. The minimum absolute atomic E-state index is 0.00357. The van der Waals surface area contributed by atoms with Gasteiger partial charge >= 0.3 is 6.18 Å². The number of hydrogen-bond acceptors (Lipinski definition) is 4. The van der Waals surface area contributed by atoms with Crippen LogP contribution in [0.15, 0.2) is 69.9 Å². The minimum Gasteiger partial charge on any atom is -0.494 e. The maximum atomic E-state index is 13.8. The van der Waals surface area contributed by atoms with Crippen LogP contribution in [0.3, 0.4) is 0 Å². The number of hydrogen-bond donors (Lipinski definition) is 0. The lowest BCUT2D eigenvalue weighted by molar-refractivity contribution is -0.137. The molecule has 0 N–H and O–H groups in total. The Kier molecular flexibility index (Phi) is 5.62. The summed E-state index contributed by atoms with van der Waals surface area (Å²) in [5.74, 6) is -0.357. The van der Waals surface area contributed by atoms with Gasteiger partial charge in [-0.2, -0.15) is 13.2 Å². The Labute approximate surface area is 204 Å². The maximum Gasteiger partial charge on any atom is 0.416 e. The molecule has 2 heterocycles. The van der Waals surface area contributed by atoms with Gasteiger partial charge in [0.1, 0.15) is 11.3 Å². The maximum absolute atomic E-state index is 13.8. The third-order valence-electron chi connectivity index (χ3n) is 6.42. The molecule has 36 heavy (non-hydrogen) atoms. The molecule has 5 nitrogen and oxygen atoms in total. The summed E-state index contributed by atoms with van der Waals surface area (Å²) in [5, 5.41) is 0.307. The van der Waals surface area contributed by atoms with E-state index in [1.54, 1.807) is 36.4 Å². The number of nitrogens with zero attached hydrogens (tertiary/aromatic N) is 1. The zero-order valence-electron chi connectivity index (χ0n) is 19.8. The fraction of sp³-hybridized carbons (Fsp3) is 0.214. The zero-order valence-corrected chi connectivity index (χ0v) is 19.8. The van der Waals surface area contributed by atoms with Crippen molar-refractivity contribution in [2.75, 3.05) is 11.5 Å². The lowest BCUT2D eigenvalue weighted by atomic mass is 9.97. The molecule has 184 valence electrons. The van der Waals surface area contributed by atoms with E-state index in [0.29, 0.717) is 23.3 Å². The quantitative estimate of drug-likeness (QED) is 0.322. The van der Waals surface area contributed by atoms with Crippen LogP contribution in [0.4, 0.5) is 18.9 Å². The SMILES string of the molecule is CCOc1cccc(C2c3c(oc4cc(C)c(C)cc4c3=O)C(=O)N2c2cccc(C(F)(F)F)c2)c1. The molecule has 1 atom stereocenters. The summed E-state index contributed by atoms with van der Waals surface area (Å²) in [5.41, 5.74) is 1.32. The molecule has 1 amide bonds. The Balaban J connectivity index is 1.80. The van der Waals surface area contributed by atoms with Crippen LogP contribution in [0.2, 0.25) is 0 Å². The van der Waals surface area contributed by atoms with E-state index in [1.807, 2.05) is 20.8 Å². The van der Waals surface area contributed by atoms with Gasteiger partial charge in [-0.3, -0.25) is 14.5 Å². The van der Waals surface area contributed by atoms with Crippen molar-refractivity contribution in [2.45, 2.75) is 33.0 Å². The lowest BCUT2D eigenvalue weighted by Crippen LogP contribution is -2.29. The van der Waals surface area contributed by atoms with Gasteiger partial charge in [0, 0.05) is 5.69 Å². The number of fused-ring (bicyclic) bond motifs is 2. The predicted octanol–water partition coefficient (Wildman–Crippen LogP) is 6.58. The van der Waals surface area contributed by atoms with Crippen molar-refractivity contribution in [3.8, 4) is 5.75 Å². The molecular weight excluding hydrogens is 471 g/mol. The Hall–Kier alpha value is -4.07. The van der Waals surface area contributed by atoms with Crippen LogP contribution in [0.5, 0.6) is 5.75 Å². The van der Waals surface area contributed by atoms with Gasteiger partial charge in [-0.05, 0) is 79.9 Å². The first-order valence-corrected chi connectivity index (χ1v) is 11.4. The van der Waals surface area contributed by atoms with Crippen LogP contribution in [-0.2, 0) is 6.18 Å². The third kappa shape index (κ3) is 3.82. The fourth-order valence-corrected chi connectivity index (χ4v) is 4.58. The van der Waals surface area contributed by atoms with E-state index in [1.165, 1.54) is 17.0 Å². The van der Waals surface area contributed by atoms with Gasteiger partial charge in [-0.25, -0.2) is 0 Å². The number of alkyl halides is 3. The average molecular weight is 493 g/mol. The summed E-state index contributed by atoms with van der Waals surface area (Å²) < 4.78 is 52.1. The first-order chi connectivity index (χ1) is 17.1. The first-order valence-electron chi connectivity index (χ1n) is 11.4. The standard InChI is InChI=1S/C28H22F3NO4/c1-4-35-20-10-5-7-17(13-20)24-23-25(33)21-11-15(2)16(3)12-22(21)36-26(23)27(34)32(24)19-9-6-8-18(14-19)28(29,30)31/h5-14,24H,4H2,1-3H3. The molecule has 1 aromatic heterocycles. The smallest absolute Gasteiger partial charge is 0.416 e. The van der Waals surface area contributed by atoms with Gasteiger partial charge < -0.3 is 9.15 Å². The van der Waals surface area contributed by atoms with Crippen molar-refractivity contribution < 1.29 is 27.1 Å². The summed E-state index contributed by atoms with van der Waals surface area (Å²) >= 11 is 0. The van der Waals surface area contributed by atoms with E-state index in [-0.39, 0.29) is 22.6 Å². The first kappa shape index (κ1) is 23.7. The van der Waals surface area contributed by atoms with E-state index in [0.717, 1.165) is 23.3 Å². The summed E-state index contributed by atoms with van der Waals surface area (Å²) in [4.78, 5) is 28.6. The summed E-state index contributed by atoms with van der Waals surface area (Å²) in [6.45, 7) is 5.94. The van der Waals surface area contributed by atoms with E-state index < -0.39 is 29.1 Å². The Morgan fingerprint density at radius 1 is 0.972 bits per heavy atom. The normalized spacial score (nSPS) is 15.4. The molecule has 8 heteroatoms. The Bertz CT molecular complexity index is 1570. The minimum atomic E-state index is -4.60. The van der Waals surface area contributed by atoms with Gasteiger partial charge in [-0.15, -0.1) is 0 Å². The van der Waals surface area contributed by atoms with E-state index >= 15 is 0 Å². The van der Waals surface area contributed by atoms with Crippen LogP contribution in [0.1, 0.15) is 51.3 Å². The summed E-state index contributed by atoms with van der Waals surface area (Å²) in [7, 11) is 0. The van der Waals surface area contributed by atoms with Crippen LogP contribution in [-0.4, -0.2) is 12.5 Å². The number of benzene rings is 3. The van der Waals surface area contributed by atoms with Crippen molar-refractivity contribution in [3.05, 3.63) is 104 Å². The molecule has 4 aromatic rings. The molecule has 0 fully saturated rings. The number of halogens is 3. The highest BCUT2D eigenvalue weighted by Gasteiger charge is 2.44. The second-order valence-electron chi connectivity index (χ2n) is 8.74. The molecule has 1 aliphatic heterocycles. The highest BCUT2D eigenvalue weighted by atomic mass is 19.4. The lowest BCUT2D eigenvalue weighted by Gasteiger charge is -2.26. The summed E-state index contributed by atoms with van der Waals surface area (Å²) in [6.07, 6.45) is -4.60. The topological polar surface area (TPSA) is 59.8 Å². The summed E-state index contributed by atoms with van der Waals surface area (Å²) in [6, 6.07) is 13.7. The van der Waals surface area contributed by atoms with Gasteiger partial charge in [0.25, 0.3) is 5.91 Å². The van der Waals surface area contributed by atoms with Gasteiger partial charge in [0.05, 0.1) is 29.2 Å². The van der Waals surface area contributed by atoms with Crippen LogP contribution >= 0.6 is 0 Å². The Morgan fingerprint density at radius 3 is 2.42 bits per heavy atom. The van der Waals surface area contributed by atoms with Gasteiger partial charge in [0.2, 0.25) is 5.76 Å². The predicted molar refractivity (Wildman–Crippen MR) is 130 cm³/mol. The molecule has 1 unspecified atom stereocenters. The molecule has 3 aromatic carbocycles. The molecule has 0 saturated carbocycles. The van der Waals surface area contributed by atoms with Crippen LogP contribution < -0.4 is 15.1 Å². The number of carbonyl (C=O) groups excluding carboxylic acids is 1. The average Bonchev–Trinajstić information content (AvgIpc) is 3.13. The fourth-order valence-electron chi connectivity index (χ4n) is 4.58. The second-order valence-corrected chi connectivity index (χ2v) is 8.74. The largest absolute Gasteiger partial charge is 0.494 e. The van der Waals surface area contributed by atoms with Crippen molar-refractivity contribution in [3.63, 3.8) is 0 Å².